The molecule has 1 aromatic carbocycles. The van der Waals surface area contributed by atoms with Crippen molar-refractivity contribution in [2.24, 2.45) is 5.92 Å². The summed E-state index contributed by atoms with van der Waals surface area (Å²) in [5.74, 6) is -1.41. The first-order valence-electron chi connectivity index (χ1n) is 8.25. The molecule has 1 unspecified atom stereocenters. The summed E-state index contributed by atoms with van der Waals surface area (Å²) in [4.78, 5) is 35.3. The number of rotatable bonds is 7. The van der Waals surface area contributed by atoms with Gasteiger partial charge in [-0.3, -0.25) is 9.59 Å². The van der Waals surface area contributed by atoms with Crippen LogP contribution in [0, 0.1) is 12.8 Å². The van der Waals surface area contributed by atoms with Crippen molar-refractivity contribution in [3.8, 4) is 11.3 Å². The molecule has 0 saturated carbocycles. The Labute approximate surface area is 163 Å². The van der Waals surface area contributed by atoms with Crippen molar-refractivity contribution >= 4 is 30.2 Å². The summed E-state index contributed by atoms with van der Waals surface area (Å²) < 4.78 is 5.62. The first kappa shape index (κ1) is 22.2. The normalized spacial score (nSPS) is 11.4. The lowest BCUT2D eigenvalue weighted by molar-refractivity contribution is -0.142. The monoisotopic (exact) mass is 394 g/mol. The van der Waals surface area contributed by atoms with Crippen molar-refractivity contribution < 1.29 is 23.9 Å². The molecule has 1 atom stereocenters. The van der Waals surface area contributed by atoms with Crippen LogP contribution in [0.5, 0.6) is 0 Å². The van der Waals surface area contributed by atoms with Crippen molar-refractivity contribution in [1.82, 2.24) is 10.6 Å². The van der Waals surface area contributed by atoms with Crippen molar-refractivity contribution in [2.45, 2.75) is 26.8 Å². The molecule has 2 amide bonds. The average Bonchev–Trinajstić information content (AvgIpc) is 2.99. The highest BCUT2D eigenvalue weighted by atomic mass is 35.5. The number of hydrogen-bond donors (Lipinski definition) is 3. The van der Waals surface area contributed by atoms with Gasteiger partial charge >= 0.3 is 5.97 Å². The minimum Gasteiger partial charge on any atom is -0.480 e. The van der Waals surface area contributed by atoms with Gasteiger partial charge in [-0.15, -0.1) is 12.4 Å². The Kier molecular flexibility index (Phi) is 8.05. The van der Waals surface area contributed by atoms with E-state index in [1.807, 2.05) is 30.3 Å². The molecule has 2 rings (SSSR count). The van der Waals surface area contributed by atoms with Gasteiger partial charge in [-0.05, 0) is 18.9 Å². The van der Waals surface area contributed by atoms with Crippen LogP contribution in [-0.4, -0.2) is 35.5 Å². The molecule has 8 heteroatoms. The summed E-state index contributed by atoms with van der Waals surface area (Å²) in [6.45, 7) is 4.73. The zero-order chi connectivity index (χ0) is 19.3. The summed E-state index contributed by atoms with van der Waals surface area (Å²) in [6, 6.07) is 9.96. The predicted octanol–water partition coefficient (Wildman–Crippen LogP) is 2.63. The second kappa shape index (κ2) is 9.78. The Bertz CT molecular complexity index is 802. The Morgan fingerprint density at radius 1 is 1.15 bits per heavy atom. The lowest BCUT2D eigenvalue weighted by Gasteiger charge is -2.17. The van der Waals surface area contributed by atoms with Crippen LogP contribution >= 0.6 is 12.4 Å². The second-order valence-electron chi connectivity index (χ2n) is 6.26. The number of furan rings is 1. The third-order valence-corrected chi connectivity index (χ3v) is 3.88. The van der Waals surface area contributed by atoms with E-state index >= 15 is 0 Å². The van der Waals surface area contributed by atoms with E-state index in [0.717, 1.165) is 5.56 Å². The lowest BCUT2D eigenvalue weighted by Crippen LogP contribution is -2.48. The van der Waals surface area contributed by atoms with Gasteiger partial charge in [-0.25, -0.2) is 4.79 Å². The van der Waals surface area contributed by atoms with Crippen LogP contribution in [0.15, 0.2) is 40.8 Å². The fraction of sp³-hybridized carbons (Fsp3) is 0.316. The van der Waals surface area contributed by atoms with Gasteiger partial charge in [0, 0.05) is 5.56 Å². The van der Waals surface area contributed by atoms with Gasteiger partial charge < -0.3 is 20.2 Å². The SMILES string of the molecule is Cc1oc(-c2ccccc2)cc1C(=O)NCC(=O)NC(C(=O)O)C(C)C.Cl. The average molecular weight is 395 g/mol. The highest BCUT2D eigenvalue weighted by molar-refractivity contribution is 5.98. The van der Waals surface area contributed by atoms with Gasteiger partial charge in [0.1, 0.15) is 17.6 Å². The van der Waals surface area contributed by atoms with Crippen LogP contribution in [0.25, 0.3) is 11.3 Å². The number of aliphatic carboxylic acids is 1. The summed E-state index contributed by atoms with van der Waals surface area (Å²) in [5.41, 5.74) is 1.17. The van der Waals surface area contributed by atoms with Crippen LogP contribution in [0.4, 0.5) is 0 Å². The molecular weight excluding hydrogens is 372 g/mol. The van der Waals surface area contributed by atoms with Crippen LogP contribution < -0.4 is 10.6 Å². The third-order valence-electron chi connectivity index (χ3n) is 3.88. The molecule has 0 spiro atoms. The van der Waals surface area contributed by atoms with Gasteiger partial charge in [-0.2, -0.15) is 0 Å². The minimum absolute atomic E-state index is 0. The zero-order valence-electron chi connectivity index (χ0n) is 15.3. The number of carboxylic acids is 1. The quantitative estimate of drug-likeness (QED) is 0.668. The maximum atomic E-state index is 12.3. The Hall–Kier alpha value is -2.80. The number of aryl methyl sites for hydroxylation is 1. The molecule has 0 aliphatic rings. The molecule has 1 aromatic heterocycles. The summed E-state index contributed by atoms with van der Waals surface area (Å²) in [6.07, 6.45) is 0. The Morgan fingerprint density at radius 3 is 2.33 bits per heavy atom. The molecule has 0 aliphatic carbocycles. The largest absolute Gasteiger partial charge is 0.480 e. The number of nitrogens with one attached hydrogen (secondary N) is 2. The second-order valence-corrected chi connectivity index (χ2v) is 6.26. The van der Waals surface area contributed by atoms with E-state index in [2.05, 4.69) is 10.6 Å². The Morgan fingerprint density at radius 2 is 1.78 bits per heavy atom. The van der Waals surface area contributed by atoms with Crippen molar-refractivity contribution in [3.05, 3.63) is 47.7 Å². The number of carboxylic acid groups (broad SMARTS) is 1. The van der Waals surface area contributed by atoms with E-state index in [1.165, 1.54) is 0 Å². The maximum Gasteiger partial charge on any atom is 0.326 e. The van der Waals surface area contributed by atoms with Crippen LogP contribution in [0.3, 0.4) is 0 Å². The van der Waals surface area contributed by atoms with Crippen molar-refractivity contribution in [3.63, 3.8) is 0 Å². The van der Waals surface area contributed by atoms with E-state index < -0.39 is 23.8 Å². The molecule has 3 N–H and O–H groups in total. The third kappa shape index (κ3) is 5.86. The number of carbonyl (C=O) groups is 3. The molecule has 2 aromatic rings. The van der Waals surface area contributed by atoms with Gasteiger partial charge in [-0.1, -0.05) is 44.2 Å². The smallest absolute Gasteiger partial charge is 0.326 e. The molecule has 0 radical (unpaired) electrons. The van der Waals surface area contributed by atoms with E-state index in [0.29, 0.717) is 17.1 Å². The fourth-order valence-corrected chi connectivity index (χ4v) is 2.45. The molecule has 0 bridgehead atoms. The van der Waals surface area contributed by atoms with Crippen LogP contribution in [0.2, 0.25) is 0 Å². The first-order chi connectivity index (χ1) is 12.3. The van der Waals surface area contributed by atoms with Gasteiger partial charge in [0.05, 0.1) is 12.1 Å². The van der Waals surface area contributed by atoms with E-state index in [-0.39, 0.29) is 24.9 Å². The van der Waals surface area contributed by atoms with E-state index in [4.69, 9.17) is 9.52 Å². The summed E-state index contributed by atoms with van der Waals surface area (Å²) in [7, 11) is 0. The molecule has 1 heterocycles. The number of hydrogen-bond acceptors (Lipinski definition) is 4. The van der Waals surface area contributed by atoms with Crippen LogP contribution in [0.1, 0.15) is 30.0 Å². The molecular formula is C19H23ClN2O5. The highest BCUT2D eigenvalue weighted by Gasteiger charge is 2.24. The Balaban J connectivity index is 0.00000364. The molecule has 0 fully saturated rings. The first-order valence-corrected chi connectivity index (χ1v) is 8.25. The van der Waals surface area contributed by atoms with Crippen molar-refractivity contribution in [2.75, 3.05) is 6.54 Å². The minimum atomic E-state index is -1.11. The molecule has 146 valence electrons. The lowest BCUT2D eigenvalue weighted by atomic mass is 10.1. The number of amides is 2. The van der Waals surface area contributed by atoms with Gasteiger partial charge in [0.15, 0.2) is 0 Å². The zero-order valence-corrected chi connectivity index (χ0v) is 16.1. The van der Waals surface area contributed by atoms with Crippen LogP contribution in [-0.2, 0) is 9.59 Å². The van der Waals surface area contributed by atoms with E-state index in [9.17, 15) is 14.4 Å². The van der Waals surface area contributed by atoms with E-state index in [1.54, 1.807) is 26.8 Å². The van der Waals surface area contributed by atoms with Crippen molar-refractivity contribution in [1.29, 1.82) is 0 Å². The summed E-state index contributed by atoms with van der Waals surface area (Å²) in [5, 5.41) is 14.0. The summed E-state index contributed by atoms with van der Waals surface area (Å²) >= 11 is 0. The topological polar surface area (TPSA) is 109 Å². The number of benzene rings is 1. The fourth-order valence-electron chi connectivity index (χ4n) is 2.45. The molecule has 0 aliphatic heterocycles. The molecule has 27 heavy (non-hydrogen) atoms. The molecule has 0 saturated heterocycles. The highest BCUT2D eigenvalue weighted by Crippen LogP contribution is 2.25. The molecule has 7 nitrogen and oxygen atoms in total. The maximum absolute atomic E-state index is 12.3. The standard InChI is InChI=1S/C19H22N2O5.ClH/c1-11(2)17(19(24)25)21-16(22)10-20-18(23)14-9-15(26-12(14)3)13-7-5-4-6-8-13;/h4-9,11,17H,10H2,1-3H3,(H,20,23)(H,21,22)(H,24,25);1H. The van der Waals surface area contributed by atoms with Gasteiger partial charge in [0.25, 0.3) is 5.91 Å². The van der Waals surface area contributed by atoms with Gasteiger partial charge in [0.2, 0.25) is 5.91 Å². The predicted molar refractivity (Wildman–Crippen MR) is 103 cm³/mol. The number of halogens is 1. The number of carbonyl (C=O) groups excluding carboxylic acids is 2.